The van der Waals surface area contributed by atoms with Crippen LogP contribution in [0.25, 0.3) is 21.7 Å². The average molecular weight is 341 g/mol. The number of aromatic nitrogens is 1. The number of hydrogen-bond donors (Lipinski definition) is 2. The molecule has 2 amide bonds. The Balaban J connectivity index is 1.41. The van der Waals surface area contributed by atoms with Crippen LogP contribution in [0.1, 0.15) is 5.56 Å². The minimum Gasteiger partial charge on any atom is -0.338 e. The molecule has 0 aliphatic rings. The number of pyridine rings is 1. The number of urea groups is 1. The molecule has 0 saturated carbocycles. The molecular formula is C22H19N3O. The topological polar surface area (TPSA) is 54.0 Å². The lowest BCUT2D eigenvalue weighted by Crippen LogP contribution is -2.30. The molecule has 4 heteroatoms. The summed E-state index contributed by atoms with van der Waals surface area (Å²) in [6.07, 6.45) is 2.51. The molecule has 2 N–H and O–H groups in total. The van der Waals surface area contributed by atoms with E-state index in [9.17, 15) is 4.79 Å². The van der Waals surface area contributed by atoms with Crippen molar-refractivity contribution in [1.82, 2.24) is 10.3 Å². The maximum atomic E-state index is 12.3. The second-order valence-corrected chi connectivity index (χ2v) is 6.15. The van der Waals surface area contributed by atoms with Crippen molar-refractivity contribution in [3.8, 4) is 0 Å². The van der Waals surface area contributed by atoms with Crippen LogP contribution in [0, 0.1) is 0 Å². The van der Waals surface area contributed by atoms with Gasteiger partial charge in [-0.2, -0.15) is 0 Å². The Hall–Kier alpha value is -3.40. The molecule has 0 bridgehead atoms. The predicted molar refractivity (Wildman–Crippen MR) is 106 cm³/mol. The van der Waals surface area contributed by atoms with Gasteiger partial charge in [-0.25, -0.2) is 4.79 Å². The molecule has 0 spiro atoms. The summed E-state index contributed by atoms with van der Waals surface area (Å²) in [5.74, 6) is 0. The molecule has 0 saturated heterocycles. The first-order chi connectivity index (χ1) is 12.8. The lowest BCUT2D eigenvalue weighted by molar-refractivity contribution is 0.252. The minimum absolute atomic E-state index is 0.219. The molecule has 4 rings (SSSR count). The first-order valence-electron chi connectivity index (χ1n) is 8.66. The third kappa shape index (κ3) is 3.35. The highest BCUT2D eigenvalue weighted by Gasteiger charge is 2.06. The SMILES string of the molecule is O=C(NCCc1cccc2ccccc12)Nc1cccc2cccnc12. The Morgan fingerprint density at radius 3 is 2.58 bits per heavy atom. The molecule has 0 radical (unpaired) electrons. The second kappa shape index (κ2) is 7.23. The number of benzene rings is 3. The number of anilines is 1. The largest absolute Gasteiger partial charge is 0.338 e. The maximum Gasteiger partial charge on any atom is 0.319 e. The Kier molecular flexibility index (Phi) is 4.48. The molecule has 0 fully saturated rings. The van der Waals surface area contributed by atoms with Gasteiger partial charge in [-0.05, 0) is 34.9 Å². The zero-order valence-electron chi connectivity index (χ0n) is 14.3. The van der Waals surface area contributed by atoms with E-state index in [1.807, 2.05) is 42.5 Å². The lowest BCUT2D eigenvalue weighted by atomic mass is 10.0. The van der Waals surface area contributed by atoms with E-state index in [1.165, 1.54) is 16.3 Å². The third-order valence-electron chi connectivity index (χ3n) is 4.44. The monoisotopic (exact) mass is 341 g/mol. The van der Waals surface area contributed by atoms with E-state index in [0.29, 0.717) is 12.2 Å². The number of nitrogens with one attached hydrogen (secondary N) is 2. The number of hydrogen-bond acceptors (Lipinski definition) is 2. The molecule has 26 heavy (non-hydrogen) atoms. The van der Waals surface area contributed by atoms with E-state index in [-0.39, 0.29) is 6.03 Å². The quantitative estimate of drug-likeness (QED) is 0.563. The van der Waals surface area contributed by atoms with E-state index in [2.05, 4.69) is 45.9 Å². The summed E-state index contributed by atoms with van der Waals surface area (Å²) in [6.45, 7) is 0.567. The van der Waals surface area contributed by atoms with Crippen LogP contribution >= 0.6 is 0 Å². The number of carbonyl (C=O) groups is 1. The average Bonchev–Trinajstić information content (AvgIpc) is 2.68. The van der Waals surface area contributed by atoms with Crippen molar-refractivity contribution in [2.24, 2.45) is 0 Å². The van der Waals surface area contributed by atoms with E-state index >= 15 is 0 Å². The summed E-state index contributed by atoms with van der Waals surface area (Å²) >= 11 is 0. The zero-order valence-corrected chi connectivity index (χ0v) is 14.3. The van der Waals surface area contributed by atoms with E-state index in [0.717, 1.165) is 17.3 Å². The molecule has 1 heterocycles. The highest BCUT2D eigenvalue weighted by Crippen LogP contribution is 2.21. The number of para-hydroxylation sites is 1. The van der Waals surface area contributed by atoms with Gasteiger partial charge in [0.05, 0.1) is 11.2 Å². The molecule has 0 aliphatic carbocycles. The van der Waals surface area contributed by atoms with Crippen molar-refractivity contribution in [2.75, 3.05) is 11.9 Å². The van der Waals surface area contributed by atoms with Crippen molar-refractivity contribution in [1.29, 1.82) is 0 Å². The summed E-state index contributed by atoms with van der Waals surface area (Å²) in [4.78, 5) is 16.6. The van der Waals surface area contributed by atoms with Crippen molar-refractivity contribution >= 4 is 33.4 Å². The fourth-order valence-electron chi connectivity index (χ4n) is 3.19. The Morgan fingerprint density at radius 1 is 0.846 bits per heavy atom. The second-order valence-electron chi connectivity index (χ2n) is 6.15. The number of carbonyl (C=O) groups excluding carboxylic acids is 1. The third-order valence-corrected chi connectivity index (χ3v) is 4.44. The van der Waals surface area contributed by atoms with E-state index in [1.54, 1.807) is 6.20 Å². The van der Waals surface area contributed by atoms with E-state index < -0.39 is 0 Å². The van der Waals surface area contributed by atoms with Gasteiger partial charge >= 0.3 is 6.03 Å². The van der Waals surface area contributed by atoms with Crippen LogP contribution in [0.3, 0.4) is 0 Å². The number of rotatable bonds is 4. The number of fused-ring (bicyclic) bond motifs is 2. The van der Waals surface area contributed by atoms with Gasteiger partial charge in [0.25, 0.3) is 0 Å². The molecule has 1 aromatic heterocycles. The van der Waals surface area contributed by atoms with Gasteiger partial charge in [-0.1, -0.05) is 60.7 Å². The summed E-state index contributed by atoms with van der Waals surface area (Å²) in [5, 5.41) is 9.28. The Bertz CT molecular complexity index is 1060. The van der Waals surface area contributed by atoms with Gasteiger partial charge < -0.3 is 10.6 Å². The fourth-order valence-corrected chi connectivity index (χ4v) is 3.19. The molecule has 128 valence electrons. The van der Waals surface area contributed by atoms with Crippen molar-refractivity contribution in [3.05, 3.63) is 84.6 Å². The van der Waals surface area contributed by atoms with Gasteiger partial charge in [0, 0.05) is 18.1 Å². The molecule has 0 unspecified atom stereocenters. The summed E-state index contributed by atoms with van der Waals surface area (Å²) in [6, 6.07) is 24.0. The molecule has 0 aliphatic heterocycles. The standard InChI is InChI=1S/C22H19N3O/c26-22(25-20-12-4-9-18-10-5-14-23-21(18)20)24-15-13-17-8-3-7-16-6-1-2-11-19(16)17/h1-12,14H,13,15H2,(H2,24,25,26). The summed E-state index contributed by atoms with van der Waals surface area (Å²) < 4.78 is 0. The van der Waals surface area contributed by atoms with Crippen LogP contribution in [0.2, 0.25) is 0 Å². The van der Waals surface area contributed by atoms with Crippen LogP contribution in [-0.2, 0) is 6.42 Å². The lowest BCUT2D eigenvalue weighted by Gasteiger charge is -2.10. The number of amides is 2. The van der Waals surface area contributed by atoms with Crippen molar-refractivity contribution in [3.63, 3.8) is 0 Å². The molecule has 0 atom stereocenters. The summed E-state index contributed by atoms with van der Waals surface area (Å²) in [7, 11) is 0. The highest BCUT2D eigenvalue weighted by molar-refractivity contribution is 5.99. The molecule has 4 nitrogen and oxygen atoms in total. The minimum atomic E-state index is -0.219. The van der Waals surface area contributed by atoms with Gasteiger partial charge in [-0.3, -0.25) is 4.98 Å². The smallest absolute Gasteiger partial charge is 0.319 e. The Labute approximate surface area is 151 Å². The first kappa shape index (κ1) is 16.1. The normalized spacial score (nSPS) is 10.8. The maximum absolute atomic E-state index is 12.3. The Morgan fingerprint density at radius 2 is 1.62 bits per heavy atom. The highest BCUT2D eigenvalue weighted by atomic mass is 16.2. The van der Waals surface area contributed by atoms with Crippen molar-refractivity contribution < 1.29 is 4.79 Å². The predicted octanol–water partition coefficient (Wildman–Crippen LogP) is 4.75. The number of nitrogens with zero attached hydrogens (tertiary/aromatic N) is 1. The van der Waals surface area contributed by atoms with Crippen LogP contribution in [0.5, 0.6) is 0 Å². The van der Waals surface area contributed by atoms with Gasteiger partial charge in [0.1, 0.15) is 0 Å². The van der Waals surface area contributed by atoms with Crippen molar-refractivity contribution in [2.45, 2.75) is 6.42 Å². The fraction of sp³-hybridized carbons (Fsp3) is 0.0909. The first-order valence-corrected chi connectivity index (χ1v) is 8.66. The van der Waals surface area contributed by atoms with Crippen LogP contribution in [-0.4, -0.2) is 17.6 Å². The van der Waals surface area contributed by atoms with Gasteiger partial charge in [0.2, 0.25) is 0 Å². The van der Waals surface area contributed by atoms with E-state index in [4.69, 9.17) is 0 Å². The zero-order chi connectivity index (χ0) is 17.8. The van der Waals surface area contributed by atoms with Gasteiger partial charge in [-0.15, -0.1) is 0 Å². The summed E-state index contributed by atoms with van der Waals surface area (Å²) in [5.41, 5.74) is 2.74. The molecule has 4 aromatic rings. The molecule has 3 aromatic carbocycles. The van der Waals surface area contributed by atoms with Crippen LogP contribution in [0.15, 0.2) is 79.0 Å². The van der Waals surface area contributed by atoms with Crippen LogP contribution in [0.4, 0.5) is 10.5 Å². The van der Waals surface area contributed by atoms with Crippen LogP contribution < -0.4 is 10.6 Å². The van der Waals surface area contributed by atoms with Gasteiger partial charge in [0.15, 0.2) is 0 Å². The molecular weight excluding hydrogens is 322 g/mol.